The van der Waals surface area contributed by atoms with Crippen LogP contribution in [-0.4, -0.2) is 18.1 Å². The van der Waals surface area contributed by atoms with Gasteiger partial charge >= 0.3 is 5.97 Å². The summed E-state index contributed by atoms with van der Waals surface area (Å²) in [6.45, 7) is 0. The predicted molar refractivity (Wildman–Crippen MR) is 62.1 cm³/mol. The summed E-state index contributed by atoms with van der Waals surface area (Å²) in [6.07, 6.45) is 1.50. The maximum Gasteiger partial charge on any atom is 0.338 e. The number of nitrogens with zero attached hydrogens (tertiary/aromatic N) is 1. The van der Waals surface area contributed by atoms with Gasteiger partial charge in [0.25, 0.3) is 0 Å². The molecule has 0 spiro atoms. The molecule has 0 aliphatic carbocycles. The summed E-state index contributed by atoms with van der Waals surface area (Å²) in [5.41, 5.74) is 0.411. The van der Waals surface area contributed by atoms with Crippen LogP contribution in [0.3, 0.4) is 0 Å². The van der Waals surface area contributed by atoms with Crippen molar-refractivity contribution in [3.05, 3.63) is 54.2 Å². The Morgan fingerprint density at radius 3 is 2.65 bits per heavy atom. The molecule has 86 valence electrons. The molecular formula is C13H11NO3. The zero-order chi connectivity index (χ0) is 12.1. The van der Waals surface area contributed by atoms with Crippen LogP contribution < -0.4 is 4.74 Å². The summed E-state index contributed by atoms with van der Waals surface area (Å²) >= 11 is 0. The number of hydrogen-bond donors (Lipinski definition) is 0. The molecule has 4 nitrogen and oxygen atoms in total. The van der Waals surface area contributed by atoms with E-state index in [0.29, 0.717) is 17.2 Å². The van der Waals surface area contributed by atoms with Gasteiger partial charge in [-0.2, -0.15) is 0 Å². The highest BCUT2D eigenvalue weighted by Crippen LogP contribution is 2.19. The summed E-state index contributed by atoms with van der Waals surface area (Å²) in [7, 11) is 1.33. The van der Waals surface area contributed by atoms with E-state index < -0.39 is 5.97 Å². The molecule has 1 aromatic carbocycles. The average molecular weight is 229 g/mol. The van der Waals surface area contributed by atoms with Crippen molar-refractivity contribution in [3.63, 3.8) is 0 Å². The molecule has 0 aliphatic heterocycles. The van der Waals surface area contributed by atoms with Crippen LogP contribution in [0.4, 0.5) is 0 Å². The lowest BCUT2D eigenvalue weighted by molar-refractivity contribution is 0.0600. The second-order valence-corrected chi connectivity index (χ2v) is 3.29. The van der Waals surface area contributed by atoms with Gasteiger partial charge in [-0.05, 0) is 18.2 Å². The molecule has 2 aromatic rings. The minimum atomic E-state index is -0.412. The summed E-state index contributed by atoms with van der Waals surface area (Å²) in [5, 5.41) is 0. The van der Waals surface area contributed by atoms with Crippen molar-refractivity contribution in [2.24, 2.45) is 0 Å². The van der Waals surface area contributed by atoms with E-state index >= 15 is 0 Å². The van der Waals surface area contributed by atoms with Crippen LogP contribution in [0.15, 0.2) is 48.7 Å². The van der Waals surface area contributed by atoms with E-state index in [9.17, 15) is 4.79 Å². The fraction of sp³-hybridized carbons (Fsp3) is 0.0769. The summed E-state index contributed by atoms with van der Waals surface area (Å²) in [4.78, 5) is 15.3. The molecule has 0 amide bonds. The number of para-hydroxylation sites is 1. The highest BCUT2D eigenvalue weighted by molar-refractivity contribution is 5.89. The van der Waals surface area contributed by atoms with Crippen LogP contribution in [-0.2, 0) is 4.74 Å². The van der Waals surface area contributed by atoms with Crippen molar-refractivity contribution in [1.82, 2.24) is 4.98 Å². The van der Waals surface area contributed by atoms with Gasteiger partial charge in [0, 0.05) is 12.3 Å². The number of carbonyl (C=O) groups is 1. The van der Waals surface area contributed by atoms with Crippen molar-refractivity contribution in [1.29, 1.82) is 0 Å². The molecule has 0 bridgehead atoms. The average Bonchev–Trinajstić information content (AvgIpc) is 2.39. The molecule has 0 saturated heterocycles. The van der Waals surface area contributed by atoms with Gasteiger partial charge in [-0.15, -0.1) is 0 Å². The summed E-state index contributed by atoms with van der Waals surface area (Å²) in [5.74, 6) is 0.617. The predicted octanol–water partition coefficient (Wildman–Crippen LogP) is 2.66. The number of benzene rings is 1. The minimum Gasteiger partial charge on any atom is -0.465 e. The first-order valence-electron chi connectivity index (χ1n) is 5.07. The van der Waals surface area contributed by atoms with Gasteiger partial charge in [-0.25, -0.2) is 9.78 Å². The number of ether oxygens (including phenoxy) is 2. The number of rotatable bonds is 3. The SMILES string of the molecule is COC(=O)c1ccnc(Oc2ccccc2)c1. The molecule has 0 radical (unpaired) electrons. The Hall–Kier alpha value is -2.36. The first-order valence-corrected chi connectivity index (χ1v) is 5.07. The minimum absolute atomic E-state index is 0.360. The molecule has 1 heterocycles. The molecule has 0 unspecified atom stereocenters. The molecule has 4 heteroatoms. The molecular weight excluding hydrogens is 218 g/mol. The van der Waals surface area contributed by atoms with Gasteiger partial charge in [0.15, 0.2) is 0 Å². The van der Waals surface area contributed by atoms with E-state index in [1.54, 1.807) is 12.1 Å². The fourth-order valence-electron chi connectivity index (χ4n) is 1.32. The maximum atomic E-state index is 11.3. The Kier molecular flexibility index (Phi) is 3.35. The van der Waals surface area contributed by atoms with Gasteiger partial charge in [0.05, 0.1) is 12.7 Å². The molecule has 2 rings (SSSR count). The van der Waals surface area contributed by atoms with Crippen molar-refractivity contribution < 1.29 is 14.3 Å². The third-order valence-corrected chi connectivity index (χ3v) is 2.12. The smallest absolute Gasteiger partial charge is 0.338 e. The van der Waals surface area contributed by atoms with Gasteiger partial charge < -0.3 is 9.47 Å². The number of methoxy groups -OCH3 is 1. The monoisotopic (exact) mass is 229 g/mol. The number of carbonyl (C=O) groups excluding carboxylic acids is 1. The number of hydrogen-bond acceptors (Lipinski definition) is 4. The molecule has 0 saturated carbocycles. The van der Waals surface area contributed by atoms with Crippen molar-refractivity contribution >= 4 is 5.97 Å². The molecule has 0 aliphatic rings. The zero-order valence-corrected chi connectivity index (χ0v) is 9.29. The Morgan fingerprint density at radius 2 is 1.94 bits per heavy atom. The quantitative estimate of drug-likeness (QED) is 0.759. The van der Waals surface area contributed by atoms with Gasteiger partial charge in [-0.1, -0.05) is 18.2 Å². The third-order valence-electron chi connectivity index (χ3n) is 2.12. The van der Waals surface area contributed by atoms with E-state index in [4.69, 9.17) is 4.74 Å². The highest BCUT2D eigenvalue weighted by atomic mass is 16.5. The molecule has 0 N–H and O–H groups in total. The first kappa shape index (κ1) is 11.1. The second-order valence-electron chi connectivity index (χ2n) is 3.29. The summed E-state index contributed by atoms with van der Waals surface area (Å²) < 4.78 is 10.1. The highest BCUT2D eigenvalue weighted by Gasteiger charge is 2.07. The van der Waals surface area contributed by atoms with Crippen molar-refractivity contribution in [3.8, 4) is 11.6 Å². The largest absolute Gasteiger partial charge is 0.465 e. The molecule has 17 heavy (non-hydrogen) atoms. The lowest BCUT2D eigenvalue weighted by Crippen LogP contribution is -2.01. The van der Waals surface area contributed by atoms with Gasteiger partial charge in [0.2, 0.25) is 5.88 Å². The van der Waals surface area contributed by atoms with E-state index in [1.165, 1.54) is 13.3 Å². The van der Waals surface area contributed by atoms with Crippen LogP contribution in [0.5, 0.6) is 11.6 Å². The Labute approximate surface area is 98.8 Å². The third kappa shape index (κ3) is 2.81. The van der Waals surface area contributed by atoms with E-state index in [0.717, 1.165) is 0 Å². The van der Waals surface area contributed by atoms with Crippen molar-refractivity contribution in [2.45, 2.75) is 0 Å². The van der Waals surface area contributed by atoms with E-state index in [2.05, 4.69) is 9.72 Å². The standard InChI is InChI=1S/C13H11NO3/c1-16-13(15)10-7-8-14-12(9-10)17-11-5-3-2-4-6-11/h2-9H,1H3. The normalized spacial score (nSPS) is 9.71. The van der Waals surface area contributed by atoms with Crippen LogP contribution in [0.25, 0.3) is 0 Å². The lowest BCUT2D eigenvalue weighted by atomic mass is 10.3. The van der Waals surface area contributed by atoms with Crippen molar-refractivity contribution in [2.75, 3.05) is 7.11 Å². The lowest BCUT2D eigenvalue weighted by Gasteiger charge is -2.05. The van der Waals surface area contributed by atoms with Gasteiger partial charge in [0.1, 0.15) is 5.75 Å². The Morgan fingerprint density at radius 1 is 1.18 bits per heavy atom. The summed E-state index contributed by atoms with van der Waals surface area (Å²) in [6, 6.07) is 12.4. The van der Waals surface area contributed by atoms with E-state index in [1.807, 2.05) is 30.3 Å². The van der Waals surface area contributed by atoms with E-state index in [-0.39, 0.29) is 0 Å². The number of aromatic nitrogens is 1. The Balaban J connectivity index is 2.20. The first-order chi connectivity index (χ1) is 8.29. The Bertz CT molecular complexity index is 511. The number of pyridine rings is 1. The molecule has 0 atom stereocenters. The maximum absolute atomic E-state index is 11.3. The van der Waals surface area contributed by atoms with Crippen LogP contribution >= 0.6 is 0 Å². The fourth-order valence-corrected chi connectivity index (χ4v) is 1.32. The van der Waals surface area contributed by atoms with Crippen LogP contribution in [0.1, 0.15) is 10.4 Å². The molecule has 1 aromatic heterocycles. The van der Waals surface area contributed by atoms with Crippen LogP contribution in [0, 0.1) is 0 Å². The second kappa shape index (κ2) is 5.12. The number of esters is 1. The topological polar surface area (TPSA) is 48.4 Å². The zero-order valence-electron chi connectivity index (χ0n) is 9.29. The molecule has 0 fully saturated rings. The van der Waals surface area contributed by atoms with Gasteiger partial charge in [-0.3, -0.25) is 0 Å². The van der Waals surface area contributed by atoms with Crippen LogP contribution in [0.2, 0.25) is 0 Å².